The van der Waals surface area contributed by atoms with Gasteiger partial charge in [-0.1, -0.05) is 36.4 Å². The minimum atomic E-state index is 0.978. The summed E-state index contributed by atoms with van der Waals surface area (Å²) < 4.78 is 3.28. The number of nitrogens with zero attached hydrogens (tertiary/aromatic N) is 2. The van der Waals surface area contributed by atoms with Gasteiger partial charge in [-0.3, -0.25) is 4.57 Å². The van der Waals surface area contributed by atoms with Gasteiger partial charge >= 0.3 is 0 Å². The summed E-state index contributed by atoms with van der Waals surface area (Å²) in [6.45, 7) is 0. The van der Waals surface area contributed by atoms with Crippen LogP contribution in [0.5, 0.6) is 0 Å². The zero-order chi connectivity index (χ0) is 13.5. The zero-order valence-corrected chi connectivity index (χ0v) is 12.2. The fourth-order valence-corrected chi connectivity index (χ4v) is 3.19. The highest BCUT2D eigenvalue weighted by atomic mass is 79.9. The number of fused-ring (bicyclic) bond motifs is 3. The largest absolute Gasteiger partial charge is 0.294 e. The van der Waals surface area contributed by atoms with Gasteiger partial charge in [-0.15, -0.1) is 0 Å². The molecule has 0 saturated carbocycles. The molecule has 0 radical (unpaired) electrons. The summed E-state index contributed by atoms with van der Waals surface area (Å²) in [5, 5.41) is 2.37. The molecule has 0 aliphatic heterocycles. The van der Waals surface area contributed by atoms with Gasteiger partial charge in [0.15, 0.2) is 0 Å². The lowest BCUT2D eigenvalue weighted by Crippen LogP contribution is -1.94. The standard InChI is InChI=1S/C17H11BrN2/c18-14-10-11-19-17-16(14)13-8-4-5-9-15(13)20(17)12-6-2-1-3-7-12/h1-11H. The van der Waals surface area contributed by atoms with E-state index >= 15 is 0 Å². The molecule has 0 bridgehead atoms. The van der Waals surface area contributed by atoms with E-state index in [1.54, 1.807) is 0 Å². The van der Waals surface area contributed by atoms with Crippen molar-refractivity contribution in [2.45, 2.75) is 0 Å². The van der Waals surface area contributed by atoms with Gasteiger partial charge in [-0.25, -0.2) is 4.98 Å². The molecular formula is C17H11BrN2. The minimum Gasteiger partial charge on any atom is -0.294 e. The second kappa shape index (κ2) is 4.46. The number of aromatic nitrogens is 2. The van der Waals surface area contributed by atoms with Gasteiger partial charge in [0.05, 0.1) is 5.52 Å². The van der Waals surface area contributed by atoms with E-state index in [2.05, 4.69) is 61.9 Å². The molecule has 0 amide bonds. The van der Waals surface area contributed by atoms with Crippen molar-refractivity contribution in [3.05, 3.63) is 71.3 Å². The van der Waals surface area contributed by atoms with E-state index in [4.69, 9.17) is 0 Å². The Labute approximate surface area is 124 Å². The third-order valence-corrected chi connectivity index (χ3v) is 4.18. The molecule has 2 heterocycles. The van der Waals surface area contributed by atoms with E-state index in [0.717, 1.165) is 21.2 Å². The summed E-state index contributed by atoms with van der Waals surface area (Å²) in [7, 11) is 0. The molecule has 0 aliphatic rings. The Balaban J connectivity index is 2.26. The molecule has 0 unspecified atom stereocenters. The number of benzene rings is 2. The second-order valence-electron chi connectivity index (χ2n) is 4.68. The summed E-state index contributed by atoms with van der Waals surface area (Å²) in [4.78, 5) is 4.59. The fraction of sp³-hybridized carbons (Fsp3) is 0. The van der Waals surface area contributed by atoms with Crippen molar-refractivity contribution in [1.82, 2.24) is 9.55 Å². The topological polar surface area (TPSA) is 17.8 Å². The van der Waals surface area contributed by atoms with Crippen molar-refractivity contribution in [2.75, 3.05) is 0 Å². The molecule has 0 fully saturated rings. The molecule has 2 aromatic heterocycles. The van der Waals surface area contributed by atoms with Gasteiger partial charge in [-0.05, 0) is 40.2 Å². The number of para-hydroxylation sites is 2. The predicted octanol–water partition coefficient (Wildman–Crippen LogP) is 4.94. The van der Waals surface area contributed by atoms with Gasteiger partial charge in [0.2, 0.25) is 0 Å². The summed E-state index contributed by atoms with van der Waals surface area (Å²) >= 11 is 3.65. The normalized spacial score (nSPS) is 11.2. The molecule has 0 spiro atoms. The smallest absolute Gasteiger partial charge is 0.146 e. The lowest BCUT2D eigenvalue weighted by Gasteiger charge is -2.06. The molecule has 20 heavy (non-hydrogen) atoms. The van der Waals surface area contributed by atoms with E-state index in [-0.39, 0.29) is 0 Å². The molecule has 3 heteroatoms. The van der Waals surface area contributed by atoms with Crippen LogP contribution in [0.2, 0.25) is 0 Å². The van der Waals surface area contributed by atoms with E-state index in [0.29, 0.717) is 0 Å². The van der Waals surface area contributed by atoms with Crippen LogP contribution in [0, 0.1) is 0 Å². The second-order valence-corrected chi connectivity index (χ2v) is 5.53. The van der Waals surface area contributed by atoms with E-state index in [9.17, 15) is 0 Å². The molecule has 4 aromatic rings. The van der Waals surface area contributed by atoms with Crippen molar-refractivity contribution >= 4 is 37.9 Å². The van der Waals surface area contributed by atoms with E-state index in [1.165, 1.54) is 10.9 Å². The Kier molecular flexibility index (Phi) is 2.60. The molecule has 2 aromatic carbocycles. The van der Waals surface area contributed by atoms with Gasteiger partial charge in [-0.2, -0.15) is 0 Å². The fourth-order valence-electron chi connectivity index (χ4n) is 2.68. The van der Waals surface area contributed by atoms with Crippen molar-refractivity contribution in [3.8, 4) is 5.69 Å². The number of hydrogen-bond donors (Lipinski definition) is 0. The van der Waals surface area contributed by atoms with Crippen LogP contribution in [0.1, 0.15) is 0 Å². The molecule has 4 rings (SSSR count). The molecule has 0 atom stereocenters. The van der Waals surface area contributed by atoms with Crippen molar-refractivity contribution < 1.29 is 0 Å². The van der Waals surface area contributed by atoms with Gasteiger partial charge in [0.25, 0.3) is 0 Å². The van der Waals surface area contributed by atoms with Crippen LogP contribution in [0.15, 0.2) is 71.3 Å². The Hall–Kier alpha value is -2.13. The molecule has 0 saturated heterocycles. The molecular weight excluding hydrogens is 312 g/mol. The van der Waals surface area contributed by atoms with Gasteiger partial charge in [0, 0.05) is 27.1 Å². The van der Waals surface area contributed by atoms with Crippen molar-refractivity contribution in [2.24, 2.45) is 0 Å². The van der Waals surface area contributed by atoms with Gasteiger partial charge < -0.3 is 0 Å². The Morgan fingerprint density at radius 2 is 1.60 bits per heavy atom. The Bertz CT molecular complexity index is 910. The Morgan fingerprint density at radius 3 is 2.45 bits per heavy atom. The lowest BCUT2D eigenvalue weighted by atomic mass is 10.2. The van der Waals surface area contributed by atoms with Crippen molar-refractivity contribution in [3.63, 3.8) is 0 Å². The SMILES string of the molecule is Brc1ccnc2c1c1ccccc1n2-c1ccccc1. The zero-order valence-electron chi connectivity index (χ0n) is 10.6. The first-order chi connectivity index (χ1) is 9.86. The van der Waals surface area contributed by atoms with Gasteiger partial charge in [0.1, 0.15) is 5.65 Å². The number of rotatable bonds is 1. The quantitative estimate of drug-likeness (QED) is 0.485. The summed E-state index contributed by atoms with van der Waals surface area (Å²) in [5.41, 5.74) is 3.28. The minimum absolute atomic E-state index is 0.978. The maximum absolute atomic E-state index is 4.59. The highest BCUT2D eigenvalue weighted by molar-refractivity contribution is 9.10. The van der Waals surface area contributed by atoms with Crippen LogP contribution in [-0.4, -0.2) is 9.55 Å². The van der Waals surface area contributed by atoms with E-state index in [1.807, 2.05) is 30.5 Å². The summed E-state index contributed by atoms with van der Waals surface area (Å²) in [6, 6.07) is 20.7. The first-order valence-electron chi connectivity index (χ1n) is 6.45. The maximum Gasteiger partial charge on any atom is 0.146 e. The number of halogens is 1. The van der Waals surface area contributed by atoms with Crippen molar-refractivity contribution in [1.29, 1.82) is 0 Å². The van der Waals surface area contributed by atoms with Crippen LogP contribution in [0.3, 0.4) is 0 Å². The average Bonchev–Trinajstić information content (AvgIpc) is 2.84. The lowest BCUT2D eigenvalue weighted by molar-refractivity contribution is 1.13. The van der Waals surface area contributed by atoms with Crippen LogP contribution in [0.25, 0.3) is 27.6 Å². The average molecular weight is 323 g/mol. The predicted molar refractivity (Wildman–Crippen MR) is 86.3 cm³/mol. The maximum atomic E-state index is 4.59. The first-order valence-corrected chi connectivity index (χ1v) is 7.24. The van der Waals surface area contributed by atoms with Crippen LogP contribution < -0.4 is 0 Å². The Morgan fingerprint density at radius 1 is 0.850 bits per heavy atom. The first kappa shape index (κ1) is 11.7. The monoisotopic (exact) mass is 322 g/mol. The van der Waals surface area contributed by atoms with Crippen LogP contribution in [0.4, 0.5) is 0 Å². The highest BCUT2D eigenvalue weighted by Crippen LogP contribution is 2.34. The summed E-state index contributed by atoms with van der Waals surface area (Å²) in [6.07, 6.45) is 1.84. The molecule has 2 nitrogen and oxygen atoms in total. The van der Waals surface area contributed by atoms with E-state index < -0.39 is 0 Å². The summed E-state index contributed by atoms with van der Waals surface area (Å²) in [5.74, 6) is 0. The number of pyridine rings is 1. The third kappa shape index (κ3) is 1.60. The molecule has 0 N–H and O–H groups in total. The third-order valence-electron chi connectivity index (χ3n) is 3.52. The van der Waals surface area contributed by atoms with Crippen LogP contribution in [-0.2, 0) is 0 Å². The molecule has 96 valence electrons. The number of hydrogen-bond acceptors (Lipinski definition) is 1. The highest BCUT2D eigenvalue weighted by Gasteiger charge is 2.14. The molecule has 0 aliphatic carbocycles. The van der Waals surface area contributed by atoms with Crippen LogP contribution >= 0.6 is 15.9 Å².